The molecule has 0 amide bonds. The summed E-state index contributed by atoms with van der Waals surface area (Å²) in [5.41, 5.74) is 0.595. The van der Waals surface area contributed by atoms with Crippen LogP contribution >= 0.6 is 0 Å². The molecule has 0 N–H and O–H groups in total. The first-order chi connectivity index (χ1) is 10.2. The third kappa shape index (κ3) is 4.20. The summed E-state index contributed by atoms with van der Waals surface area (Å²) in [5, 5.41) is 8.83. The minimum atomic E-state index is -0.143. The molecule has 0 unspecified atom stereocenters. The molecule has 1 aromatic rings. The summed E-state index contributed by atoms with van der Waals surface area (Å²) < 4.78 is 10.5. The summed E-state index contributed by atoms with van der Waals surface area (Å²) in [4.78, 5) is 13.8. The molecule has 1 saturated heterocycles. The number of nitriles is 1. The highest BCUT2D eigenvalue weighted by atomic mass is 16.5. The van der Waals surface area contributed by atoms with Gasteiger partial charge in [0.15, 0.2) is 0 Å². The van der Waals surface area contributed by atoms with E-state index in [2.05, 4.69) is 11.0 Å². The van der Waals surface area contributed by atoms with Crippen LogP contribution in [0.3, 0.4) is 0 Å². The van der Waals surface area contributed by atoms with Gasteiger partial charge in [-0.05, 0) is 44.0 Å². The molecule has 1 heterocycles. The maximum atomic E-state index is 11.6. The normalized spacial score (nSPS) is 18.2. The van der Waals surface area contributed by atoms with Gasteiger partial charge in [0.25, 0.3) is 0 Å². The van der Waals surface area contributed by atoms with Gasteiger partial charge in [-0.25, -0.2) is 0 Å². The summed E-state index contributed by atoms with van der Waals surface area (Å²) in [6.07, 6.45) is 2.74. The number of esters is 1. The molecule has 5 heteroatoms. The van der Waals surface area contributed by atoms with Crippen LogP contribution in [0.5, 0.6) is 5.75 Å². The van der Waals surface area contributed by atoms with Gasteiger partial charge in [-0.1, -0.05) is 6.07 Å². The fraction of sp³-hybridized carbons (Fsp3) is 0.500. The molecule has 5 nitrogen and oxygen atoms in total. The van der Waals surface area contributed by atoms with E-state index in [1.54, 1.807) is 12.1 Å². The molecule has 112 valence electrons. The maximum Gasteiger partial charge on any atom is 0.323 e. The van der Waals surface area contributed by atoms with Gasteiger partial charge in [-0.15, -0.1) is 0 Å². The molecule has 0 spiro atoms. The number of hydrogen-bond acceptors (Lipinski definition) is 5. The first-order valence-corrected chi connectivity index (χ1v) is 7.19. The quantitative estimate of drug-likeness (QED) is 0.591. The van der Waals surface area contributed by atoms with Crippen molar-refractivity contribution in [2.45, 2.75) is 25.3 Å². The van der Waals surface area contributed by atoms with Crippen molar-refractivity contribution in [2.75, 3.05) is 26.8 Å². The molecular formula is C16H20N2O3. The summed E-state index contributed by atoms with van der Waals surface area (Å²) in [7, 11) is 1.43. The Kier molecular flexibility index (Phi) is 5.59. The van der Waals surface area contributed by atoms with Gasteiger partial charge in [-0.3, -0.25) is 9.69 Å². The Labute approximate surface area is 125 Å². The van der Waals surface area contributed by atoms with E-state index in [0.717, 1.165) is 32.4 Å². The molecule has 0 aromatic heterocycles. The molecule has 1 fully saturated rings. The number of hydrogen-bond donors (Lipinski definition) is 0. The van der Waals surface area contributed by atoms with Gasteiger partial charge < -0.3 is 9.47 Å². The van der Waals surface area contributed by atoms with Crippen LogP contribution in [-0.4, -0.2) is 43.7 Å². The average molecular weight is 288 g/mol. The zero-order chi connectivity index (χ0) is 15.1. The lowest BCUT2D eigenvalue weighted by Crippen LogP contribution is -2.37. The fourth-order valence-corrected chi connectivity index (χ4v) is 2.61. The van der Waals surface area contributed by atoms with Gasteiger partial charge in [0.1, 0.15) is 11.8 Å². The van der Waals surface area contributed by atoms with Crippen molar-refractivity contribution in [1.82, 2.24) is 4.90 Å². The summed E-state index contributed by atoms with van der Waals surface area (Å²) in [6.45, 7) is 2.32. The predicted molar refractivity (Wildman–Crippen MR) is 77.9 cm³/mol. The molecule has 2 rings (SSSR count). The van der Waals surface area contributed by atoms with E-state index in [9.17, 15) is 4.79 Å². The van der Waals surface area contributed by atoms with Gasteiger partial charge >= 0.3 is 5.97 Å². The molecule has 1 aromatic carbocycles. The van der Waals surface area contributed by atoms with Crippen molar-refractivity contribution in [3.63, 3.8) is 0 Å². The monoisotopic (exact) mass is 288 g/mol. The first kappa shape index (κ1) is 15.3. The summed E-state index contributed by atoms with van der Waals surface area (Å²) >= 11 is 0. The molecule has 1 atom stereocenters. The summed E-state index contributed by atoms with van der Waals surface area (Å²) in [5.74, 6) is 0.565. The fourth-order valence-electron chi connectivity index (χ4n) is 2.61. The first-order valence-electron chi connectivity index (χ1n) is 7.19. The number of methoxy groups -OCH3 is 1. The number of carbonyl (C=O) groups excluding carboxylic acids is 1. The third-order valence-electron chi connectivity index (χ3n) is 3.66. The number of rotatable bonds is 6. The lowest BCUT2D eigenvalue weighted by Gasteiger charge is -2.22. The number of carbonyl (C=O) groups is 1. The Morgan fingerprint density at radius 2 is 2.38 bits per heavy atom. The highest BCUT2D eigenvalue weighted by molar-refractivity contribution is 5.75. The molecule has 21 heavy (non-hydrogen) atoms. The Balaban J connectivity index is 1.74. The number of likely N-dealkylation sites (tertiary alicyclic amines) is 1. The van der Waals surface area contributed by atoms with Gasteiger partial charge in [-0.2, -0.15) is 5.26 Å². The van der Waals surface area contributed by atoms with E-state index in [0.29, 0.717) is 17.9 Å². The lowest BCUT2D eigenvalue weighted by molar-refractivity contribution is -0.145. The number of nitrogens with zero attached hydrogens (tertiary/aromatic N) is 2. The topological polar surface area (TPSA) is 62.6 Å². The van der Waals surface area contributed by atoms with E-state index in [1.807, 2.05) is 12.1 Å². The number of benzene rings is 1. The van der Waals surface area contributed by atoms with Crippen LogP contribution in [0, 0.1) is 11.3 Å². The van der Waals surface area contributed by atoms with Crippen LogP contribution in [-0.2, 0) is 9.53 Å². The Bertz CT molecular complexity index is 524. The molecule has 0 radical (unpaired) electrons. The van der Waals surface area contributed by atoms with Crippen LogP contribution < -0.4 is 4.74 Å². The summed E-state index contributed by atoms with van der Waals surface area (Å²) in [6, 6.07) is 9.11. The molecule has 1 aliphatic rings. The SMILES string of the molecule is COC(=O)[C@@H]1CCCN1CCCOc1cccc(C#N)c1. The predicted octanol–water partition coefficient (Wildman–Crippen LogP) is 1.96. The second-order valence-corrected chi connectivity index (χ2v) is 5.06. The largest absolute Gasteiger partial charge is 0.494 e. The van der Waals surface area contributed by atoms with Crippen molar-refractivity contribution in [2.24, 2.45) is 0 Å². The average Bonchev–Trinajstić information content (AvgIpc) is 2.99. The van der Waals surface area contributed by atoms with Gasteiger partial charge in [0, 0.05) is 6.54 Å². The van der Waals surface area contributed by atoms with Crippen molar-refractivity contribution >= 4 is 5.97 Å². The second kappa shape index (κ2) is 7.65. The third-order valence-corrected chi connectivity index (χ3v) is 3.66. The Hall–Kier alpha value is -2.06. The smallest absolute Gasteiger partial charge is 0.323 e. The lowest BCUT2D eigenvalue weighted by atomic mass is 10.2. The molecular weight excluding hydrogens is 268 g/mol. The highest BCUT2D eigenvalue weighted by Gasteiger charge is 2.30. The van der Waals surface area contributed by atoms with Crippen molar-refractivity contribution in [3.8, 4) is 11.8 Å². The molecule has 0 bridgehead atoms. The van der Waals surface area contributed by atoms with Gasteiger partial charge in [0.2, 0.25) is 0 Å². The minimum Gasteiger partial charge on any atom is -0.494 e. The van der Waals surface area contributed by atoms with E-state index in [1.165, 1.54) is 7.11 Å². The Morgan fingerprint density at radius 1 is 1.52 bits per heavy atom. The highest BCUT2D eigenvalue weighted by Crippen LogP contribution is 2.19. The van der Waals surface area contributed by atoms with E-state index < -0.39 is 0 Å². The van der Waals surface area contributed by atoms with Crippen LogP contribution in [0.2, 0.25) is 0 Å². The zero-order valence-corrected chi connectivity index (χ0v) is 12.2. The van der Waals surface area contributed by atoms with Crippen LogP contribution in [0.25, 0.3) is 0 Å². The molecule has 1 aliphatic heterocycles. The standard InChI is InChI=1S/C16H20N2O3/c1-20-16(19)15-7-3-8-18(15)9-4-10-21-14-6-2-5-13(11-14)12-17/h2,5-6,11,15H,3-4,7-10H2,1H3/t15-/m0/s1. The molecule has 0 saturated carbocycles. The van der Waals surface area contributed by atoms with Crippen LogP contribution in [0.1, 0.15) is 24.8 Å². The zero-order valence-electron chi connectivity index (χ0n) is 12.2. The Morgan fingerprint density at radius 3 is 3.14 bits per heavy atom. The van der Waals surface area contributed by atoms with Gasteiger partial charge in [0.05, 0.1) is 25.3 Å². The van der Waals surface area contributed by atoms with Crippen LogP contribution in [0.15, 0.2) is 24.3 Å². The van der Waals surface area contributed by atoms with E-state index >= 15 is 0 Å². The number of ether oxygens (including phenoxy) is 2. The van der Waals surface area contributed by atoms with Crippen molar-refractivity contribution < 1.29 is 14.3 Å². The minimum absolute atomic E-state index is 0.100. The second-order valence-electron chi connectivity index (χ2n) is 5.06. The van der Waals surface area contributed by atoms with Crippen LogP contribution in [0.4, 0.5) is 0 Å². The van der Waals surface area contributed by atoms with E-state index in [4.69, 9.17) is 14.7 Å². The van der Waals surface area contributed by atoms with E-state index in [-0.39, 0.29) is 12.0 Å². The van der Waals surface area contributed by atoms with Crippen molar-refractivity contribution in [1.29, 1.82) is 5.26 Å². The van der Waals surface area contributed by atoms with Crippen molar-refractivity contribution in [3.05, 3.63) is 29.8 Å². The molecule has 0 aliphatic carbocycles. The maximum absolute atomic E-state index is 11.6.